The average Bonchev–Trinajstić information content (AvgIpc) is 3.36. The summed E-state index contributed by atoms with van der Waals surface area (Å²) in [5.41, 5.74) is 8.80. The lowest BCUT2D eigenvalue weighted by molar-refractivity contribution is 1.18. The van der Waals surface area contributed by atoms with E-state index in [1.54, 1.807) is 0 Å². The molecule has 0 amide bonds. The predicted molar refractivity (Wildman–Crippen MR) is 171 cm³/mol. The molecule has 0 fully saturated rings. The smallest absolute Gasteiger partial charge is 0.0547 e. The van der Waals surface area contributed by atoms with Gasteiger partial charge in [-0.05, 0) is 86.9 Å². The Kier molecular flexibility index (Phi) is 4.61. The molecule has 0 N–H and O–H groups in total. The molecule has 0 bridgehead atoms. The predicted octanol–water partition coefficient (Wildman–Crippen LogP) is 10.9. The molecule has 1 aliphatic rings. The highest BCUT2D eigenvalue weighted by Crippen LogP contribution is 2.49. The van der Waals surface area contributed by atoms with Gasteiger partial charge in [-0.3, -0.25) is 0 Å². The van der Waals surface area contributed by atoms with E-state index < -0.39 is 0 Å². The molecule has 8 aromatic rings. The van der Waals surface area contributed by atoms with E-state index in [2.05, 4.69) is 144 Å². The van der Waals surface area contributed by atoms with Crippen LogP contribution in [-0.2, 0) is 0 Å². The summed E-state index contributed by atoms with van der Waals surface area (Å²) in [6.07, 6.45) is 0. The van der Waals surface area contributed by atoms with Gasteiger partial charge in [-0.1, -0.05) is 103 Å². The number of fused-ring (bicyclic) bond motifs is 7. The summed E-state index contributed by atoms with van der Waals surface area (Å²) in [6, 6.07) is 51.3. The summed E-state index contributed by atoms with van der Waals surface area (Å²) in [5, 5.41) is 7.83. The Morgan fingerprint density at radius 1 is 0.425 bits per heavy atom. The van der Waals surface area contributed by atoms with Crippen LogP contribution in [0.1, 0.15) is 0 Å². The van der Waals surface area contributed by atoms with Crippen molar-refractivity contribution in [3.8, 4) is 27.9 Å². The molecule has 9 rings (SSSR count). The maximum atomic E-state index is 2.40. The van der Waals surface area contributed by atoms with Crippen LogP contribution in [0.2, 0.25) is 0 Å². The normalized spacial score (nSPS) is 12.4. The average molecular weight is 526 g/mol. The van der Waals surface area contributed by atoms with Gasteiger partial charge >= 0.3 is 0 Å². The topological polar surface area (TPSA) is 4.93 Å². The van der Waals surface area contributed by atoms with E-state index in [1.165, 1.54) is 81.1 Å². The summed E-state index contributed by atoms with van der Waals surface area (Å²) >= 11 is 1.88. The molecule has 0 aliphatic carbocycles. The molecule has 2 heteroatoms. The van der Waals surface area contributed by atoms with Gasteiger partial charge in [-0.2, -0.15) is 0 Å². The molecule has 40 heavy (non-hydrogen) atoms. The molecule has 0 unspecified atom stereocenters. The third kappa shape index (κ3) is 3.11. The van der Waals surface area contributed by atoms with Crippen LogP contribution >= 0.6 is 11.8 Å². The summed E-state index contributed by atoms with van der Waals surface area (Å²) in [5.74, 6) is 0. The quantitative estimate of drug-likeness (QED) is 0.217. The van der Waals surface area contributed by atoms with Crippen LogP contribution < -0.4 is 0 Å². The maximum Gasteiger partial charge on any atom is 0.0547 e. The molecule has 1 aromatic heterocycles. The summed E-state index contributed by atoms with van der Waals surface area (Å²) in [6.45, 7) is 0. The summed E-state index contributed by atoms with van der Waals surface area (Å²) in [4.78, 5) is 2.66. The lowest BCUT2D eigenvalue weighted by Gasteiger charge is -2.21. The minimum Gasteiger partial charge on any atom is -0.309 e. The second-order valence-electron chi connectivity index (χ2n) is 10.6. The van der Waals surface area contributed by atoms with Gasteiger partial charge in [-0.25, -0.2) is 0 Å². The van der Waals surface area contributed by atoms with Crippen molar-refractivity contribution in [1.29, 1.82) is 0 Å². The van der Waals surface area contributed by atoms with Crippen molar-refractivity contribution in [3.63, 3.8) is 0 Å². The number of benzene rings is 7. The largest absolute Gasteiger partial charge is 0.309 e. The van der Waals surface area contributed by atoms with Crippen molar-refractivity contribution >= 4 is 55.1 Å². The van der Waals surface area contributed by atoms with Crippen molar-refractivity contribution in [2.45, 2.75) is 9.79 Å². The first-order valence-electron chi connectivity index (χ1n) is 13.7. The van der Waals surface area contributed by atoms with Crippen LogP contribution in [0.4, 0.5) is 0 Å². The Bertz CT molecular complexity index is 2290. The van der Waals surface area contributed by atoms with Crippen molar-refractivity contribution < 1.29 is 0 Å². The Labute approximate surface area is 236 Å². The molecule has 7 aromatic carbocycles. The molecule has 186 valence electrons. The molecule has 1 nitrogen and oxygen atoms in total. The number of para-hydroxylation sites is 1. The number of aromatic nitrogens is 1. The lowest BCUT2D eigenvalue weighted by Crippen LogP contribution is -1.94. The van der Waals surface area contributed by atoms with E-state index >= 15 is 0 Å². The van der Waals surface area contributed by atoms with Gasteiger partial charge < -0.3 is 4.57 Å². The van der Waals surface area contributed by atoms with Gasteiger partial charge in [0.05, 0.1) is 11.0 Å². The molecular weight excluding hydrogens is 502 g/mol. The fourth-order valence-corrected chi connectivity index (χ4v) is 7.70. The van der Waals surface area contributed by atoms with Crippen LogP contribution in [-0.4, -0.2) is 4.57 Å². The fourth-order valence-electron chi connectivity index (χ4n) is 6.57. The van der Waals surface area contributed by atoms with Crippen LogP contribution in [0, 0.1) is 0 Å². The molecule has 2 heterocycles. The van der Waals surface area contributed by atoms with Crippen LogP contribution in [0.5, 0.6) is 0 Å². The first-order valence-corrected chi connectivity index (χ1v) is 14.5. The number of nitrogens with zero attached hydrogens (tertiary/aromatic N) is 1. The van der Waals surface area contributed by atoms with Crippen molar-refractivity contribution in [3.05, 3.63) is 140 Å². The Morgan fingerprint density at radius 2 is 1.18 bits per heavy atom. The highest BCUT2D eigenvalue weighted by atomic mass is 32.2. The zero-order valence-corrected chi connectivity index (χ0v) is 22.5. The van der Waals surface area contributed by atoms with Crippen LogP contribution in [0.3, 0.4) is 0 Å². The first kappa shape index (κ1) is 22.1. The first-order chi connectivity index (χ1) is 19.8. The zero-order valence-electron chi connectivity index (χ0n) is 21.6. The minimum atomic E-state index is 1.18. The van der Waals surface area contributed by atoms with Gasteiger partial charge in [0.1, 0.15) is 0 Å². The van der Waals surface area contributed by atoms with Gasteiger partial charge in [0, 0.05) is 31.6 Å². The van der Waals surface area contributed by atoms with E-state index in [1.807, 2.05) is 11.8 Å². The van der Waals surface area contributed by atoms with E-state index in [9.17, 15) is 0 Å². The molecule has 0 radical (unpaired) electrons. The molecule has 0 atom stereocenters. The maximum absolute atomic E-state index is 2.40. The second kappa shape index (κ2) is 8.35. The molecular formula is C38H23NS. The van der Waals surface area contributed by atoms with Gasteiger partial charge in [0.15, 0.2) is 0 Å². The van der Waals surface area contributed by atoms with E-state index in [0.717, 1.165) is 0 Å². The van der Waals surface area contributed by atoms with E-state index in [4.69, 9.17) is 0 Å². The highest BCUT2D eigenvalue weighted by molar-refractivity contribution is 7.99. The van der Waals surface area contributed by atoms with Crippen LogP contribution in [0.15, 0.2) is 149 Å². The van der Waals surface area contributed by atoms with Crippen LogP contribution in [0.25, 0.3) is 71.3 Å². The van der Waals surface area contributed by atoms with Gasteiger partial charge in [-0.15, -0.1) is 0 Å². The number of hydrogen-bond acceptors (Lipinski definition) is 1. The second-order valence-corrected chi connectivity index (χ2v) is 11.6. The Morgan fingerprint density at radius 3 is 2.10 bits per heavy atom. The van der Waals surface area contributed by atoms with Gasteiger partial charge in [0.25, 0.3) is 0 Å². The number of rotatable bonds is 2. The van der Waals surface area contributed by atoms with Crippen molar-refractivity contribution in [2.24, 2.45) is 0 Å². The molecule has 1 aliphatic heterocycles. The van der Waals surface area contributed by atoms with Gasteiger partial charge in [0.2, 0.25) is 0 Å². The fraction of sp³-hybridized carbons (Fsp3) is 0. The third-order valence-electron chi connectivity index (χ3n) is 8.36. The molecule has 0 saturated heterocycles. The van der Waals surface area contributed by atoms with Crippen molar-refractivity contribution in [1.82, 2.24) is 4.57 Å². The summed E-state index contributed by atoms with van der Waals surface area (Å²) in [7, 11) is 0. The summed E-state index contributed by atoms with van der Waals surface area (Å²) < 4.78 is 2.40. The standard InChI is InChI=1S/C38H23NS/c1-2-11-28(12-3-1)39-33-19-17-26(23-32(33)38-29-13-5-4-8-24(29)16-20-34(38)39)27-18-21-35-31(22-27)30-14-6-9-25-10-7-15-36(40-35)37(25)30/h1-23H. The highest BCUT2D eigenvalue weighted by Gasteiger charge is 2.20. The lowest BCUT2D eigenvalue weighted by atomic mass is 9.94. The molecule has 0 saturated carbocycles. The minimum absolute atomic E-state index is 1.18. The van der Waals surface area contributed by atoms with Crippen molar-refractivity contribution in [2.75, 3.05) is 0 Å². The Balaban J connectivity index is 1.31. The monoisotopic (exact) mass is 525 g/mol. The van der Waals surface area contributed by atoms with E-state index in [-0.39, 0.29) is 0 Å². The molecule has 0 spiro atoms. The third-order valence-corrected chi connectivity index (χ3v) is 9.49. The number of hydrogen-bond donors (Lipinski definition) is 0. The van der Waals surface area contributed by atoms with E-state index in [0.29, 0.717) is 0 Å². The zero-order chi connectivity index (χ0) is 26.2. The Hall–Kier alpha value is -4.79. The SMILES string of the molecule is c1ccc(-n2c3ccc(-c4ccc5c(c4)-c4cccc6cccc(c46)S5)cc3c3c4ccccc4ccc32)cc1.